The van der Waals surface area contributed by atoms with Crippen molar-refractivity contribution in [3.05, 3.63) is 62.5 Å². The van der Waals surface area contributed by atoms with Gasteiger partial charge in [-0.3, -0.25) is 9.59 Å². The quantitative estimate of drug-likeness (QED) is 0.586. The number of carbonyl (C=O) groups is 1. The summed E-state index contributed by atoms with van der Waals surface area (Å²) in [6, 6.07) is 6.41. The lowest BCUT2D eigenvalue weighted by Gasteiger charge is -2.26. The van der Waals surface area contributed by atoms with Gasteiger partial charge in [-0.2, -0.15) is 0 Å². The number of nitrogens with zero attached hydrogens (tertiary/aromatic N) is 1. The van der Waals surface area contributed by atoms with Crippen LogP contribution in [-0.2, 0) is 0 Å². The Kier molecular flexibility index (Phi) is 6.03. The fourth-order valence-electron chi connectivity index (χ4n) is 4.59. The van der Waals surface area contributed by atoms with Crippen molar-refractivity contribution in [3.8, 4) is 17.2 Å². The van der Waals surface area contributed by atoms with Crippen LogP contribution in [0.4, 0.5) is 0 Å². The van der Waals surface area contributed by atoms with E-state index >= 15 is 0 Å². The van der Waals surface area contributed by atoms with E-state index in [4.69, 9.17) is 18.6 Å². The van der Waals surface area contributed by atoms with E-state index in [1.54, 1.807) is 23.1 Å². The lowest BCUT2D eigenvalue weighted by atomic mass is 9.96. The average molecular weight is 453 g/mol. The van der Waals surface area contributed by atoms with Crippen molar-refractivity contribution in [2.75, 3.05) is 34.5 Å². The Labute approximate surface area is 191 Å². The molecule has 8 heteroatoms. The fourth-order valence-corrected chi connectivity index (χ4v) is 4.59. The van der Waals surface area contributed by atoms with Crippen molar-refractivity contribution < 1.29 is 28.5 Å². The number of aliphatic hydroxyl groups excluding tert-OH is 1. The molecule has 0 radical (unpaired) electrons. The fraction of sp³-hybridized carbons (Fsp3) is 0.360. The van der Waals surface area contributed by atoms with Gasteiger partial charge in [-0.1, -0.05) is 6.07 Å². The molecule has 33 heavy (non-hydrogen) atoms. The van der Waals surface area contributed by atoms with E-state index in [2.05, 4.69) is 0 Å². The van der Waals surface area contributed by atoms with Crippen LogP contribution in [0.15, 0.2) is 33.5 Å². The Morgan fingerprint density at radius 2 is 1.67 bits per heavy atom. The molecule has 0 bridgehead atoms. The highest BCUT2D eigenvalue weighted by atomic mass is 16.5. The number of fused-ring (bicyclic) bond motifs is 2. The summed E-state index contributed by atoms with van der Waals surface area (Å²) < 4.78 is 22.4. The Bertz CT molecular complexity index is 1270. The number of hydrogen-bond acceptors (Lipinski definition) is 7. The summed E-state index contributed by atoms with van der Waals surface area (Å²) in [6.45, 7) is 3.92. The van der Waals surface area contributed by atoms with E-state index in [9.17, 15) is 14.7 Å². The summed E-state index contributed by atoms with van der Waals surface area (Å²) in [4.78, 5) is 28.7. The molecule has 0 spiro atoms. The first-order chi connectivity index (χ1) is 15.9. The van der Waals surface area contributed by atoms with E-state index in [1.165, 1.54) is 21.3 Å². The first-order valence-electron chi connectivity index (χ1n) is 10.7. The van der Waals surface area contributed by atoms with Crippen molar-refractivity contribution in [1.82, 2.24) is 4.90 Å². The number of hydrogen-bond donors (Lipinski definition) is 1. The second-order valence-electron chi connectivity index (χ2n) is 8.07. The highest BCUT2D eigenvalue weighted by molar-refractivity contribution is 5.99. The first-order valence-corrected chi connectivity index (χ1v) is 10.7. The van der Waals surface area contributed by atoms with Crippen molar-refractivity contribution in [3.63, 3.8) is 0 Å². The third-order valence-electron chi connectivity index (χ3n) is 5.97. The number of amides is 1. The van der Waals surface area contributed by atoms with Crippen LogP contribution in [0.2, 0.25) is 0 Å². The Hall–Kier alpha value is -3.52. The van der Waals surface area contributed by atoms with Crippen LogP contribution >= 0.6 is 0 Å². The van der Waals surface area contributed by atoms with Gasteiger partial charge >= 0.3 is 0 Å². The van der Waals surface area contributed by atoms with Gasteiger partial charge in [0.1, 0.15) is 5.58 Å². The van der Waals surface area contributed by atoms with Gasteiger partial charge in [-0.15, -0.1) is 0 Å². The number of carbonyl (C=O) groups excluding carboxylic acids is 1. The van der Waals surface area contributed by atoms with Crippen LogP contribution in [0, 0.1) is 13.8 Å². The van der Waals surface area contributed by atoms with Gasteiger partial charge in [0.2, 0.25) is 11.5 Å². The number of methoxy groups -OCH3 is 3. The van der Waals surface area contributed by atoms with Gasteiger partial charge in [0.25, 0.3) is 5.91 Å². The summed E-state index contributed by atoms with van der Waals surface area (Å²) in [6.07, 6.45) is 0.354. The Morgan fingerprint density at radius 3 is 2.24 bits per heavy atom. The van der Waals surface area contributed by atoms with E-state index < -0.39 is 11.9 Å². The second-order valence-corrected chi connectivity index (χ2v) is 8.07. The highest BCUT2D eigenvalue weighted by Crippen LogP contribution is 2.45. The standard InChI is InChI=1S/C25H27NO7/c1-13-9-14(2)19-16(10-13)33-24-20(22(19)28)21(26(25(24)29)7-6-8-27)15-11-17(30-3)23(32-5)18(12-15)31-4/h9-12,21,27H,6-8H2,1-5H3. The molecule has 4 rings (SSSR count). The molecule has 1 unspecified atom stereocenters. The number of ether oxygens (including phenoxy) is 3. The maximum Gasteiger partial charge on any atom is 0.290 e. The highest BCUT2D eigenvalue weighted by Gasteiger charge is 2.43. The van der Waals surface area contributed by atoms with Gasteiger partial charge in [-0.25, -0.2) is 0 Å². The molecule has 8 nitrogen and oxygen atoms in total. The van der Waals surface area contributed by atoms with Crippen molar-refractivity contribution in [2.45, 2.75) is 26.3 Å². The molecule has 0 aliphatic carbocycles. The number of aliphatic hydroxyl groups is 1. The molecule has 1 atom stereocenters. The predicted molar refractivity (Wildman–Crippen MR) is 123 cm³/mol. The van der Waals surface area contributed by atoms with Crippen LogP contribution in [0.5, 0.6) is 17.2 Å². The molecule has 1 amide bonds. The van der Waals surface area contributed by atoms with Gasteiger partial charge in [0.15, 0.2) is 16.9 Å². The summed E-state index contributed by atoms with van der Waals surface area (Å²) in [5.74, 6) is 0.857. The molecule has 0 fully saturated rings. The third kappa shape index (κ3) is 3.60. The predicted octanol–water partition coefficient (Wildman–Crippen LogP) is 3.36. The second kappa shape index (κ2) is 8.78. The van der Waals surface area contributed by atoms with Gasteiger partial charge in [-0.05, 0) is 55.2 Å². The smallest absolute Gasteiger partial charge is 0.290 e. The van der Waals surface area contributed by atoms with E-state index in [-0.39, 0.29) is 29.9 Å². The number of aryl methyl sites for hydroxylation is 2. The van der Waals surface area contributed by atoms with Crippen molar-refractivity contribution in [2.24, 2.45) is 0 Å². The SMILES string of the molecule is COc1cc(C2c3c(oc4cc(C)cc(C)c4c3=O)C(=O)N2CCCO)cc(OC)c1OC. The molecule has 0 saturated heterocycles. The lowest BCUT2D eigenvalue weighted by Crippen LogP contribution is -2.31. The van der Waals surface area contributed by atoms with Crippen LogP contribution in [0.1, 0.15) is 45.3 Å². The molecule has 0 saturated carbocycles. The molecule has 1 N–H and O–H groups in total. The molecular formula is C25H27NO7. The minimum atomic E-state index is -0.728. The first kappa shape index (κ1) is 22.7. The third-order valence-corrected chi connectivity index (χ3v) is 5.97. The summed E-state index contributed by atoms with van der Waals surface area (Å²) in [7, 11) is 4.52. The number of rotatable bonds is 7. The molecule has 2 aromatic carbocycles. The van der Waals surface area contributed by atoms with Gasteiger partial charge in [0, 0.05) is 13.2 Å². The zero-order valence-electron chi connectivity index (χ0n) is 19.4. The van der Waals surface area contributed by atoms with Crippen molar-refractivity contribution in [1.29, 1.82) is 0 Å². The van der Waals surface area contributed by atoms with Crippen LogP contribution < -0.4 is 19.6 Å². The topological polar surface area (TPSA) is 98.4 Å². The molecule has 174 valence electrons. The van der Waals surface area contributed by atoms with Crippen LogP contribution in [0.3, 0.4) is 0 Å². The zero-order valence-corrected chi connectivity index (χ0v) is 19.4. The normalized spacial score (nSPS) is 15.2. The largest absolute Gasteiger partial charge is 0.493 e. The molecule has 2 heterocycles. The van der Waals surface area contributed by atoms with E-state index in [0.717, 1.165) is 11.1 Å². The average Bonchev–Trinajstić information content (AvgIpc) is 3.07. The van der Waals surface area contributed by atoms with Gasteiger partial charge in [0.05, 0.1) is 38.3 Å². The minimum Gasteiger partial charge on any atom is -0.493 e. The Morgan fingerprint density at radius 1 is 1.00 bits per heavy atom. The minimum absolute atomic E-state index is 0.0224. The summed E-state index contributed by atoms with van der Waals surface area (Å²) in [5, 5.41) is 9.87. The summed E-state index contributed by atoms with van der Waals surface area (Å²) in [5.41, 5.74) is 2.75. The molecule has 1 aliphatic rings. The molecule has 3 aromatic rings. The van der Waals surface area contributed by atoms with Crippen molar-refractivity contribution >= 4 is 16.9 Å². The molecule has 1 aliphatic heterocycles. The maximum absolute atomic E-state index is 13.8. The van der Waals surface area contributed by atoms with E-state index in [1.807, 2.05) is 19.9 Å². The zero-order chi connectivity index (χ0) is 23.9. The van der Waals surface area contributed by atoms with Crippen LogP contribution in [-0.4, -0.2) is 50.4 Å². The lowest BCUT2D eigenvalue weighted by molar-refractivity contribution is 0.0716. The monoisotopic (exact) mass is 453 g/mol. The molecule has 1 aromatic heterocycles. The van der Waals surface area contributed by atoms with E-state index in [0.29, 0.717) is 40.2 Å². The summed E-state index contributed by atoms with van der Waals surface area (Å²) >= 11 is 0. The van der Waals surface area contributed by atoms with Gasteiger partial charge < -0.3 is 28.6 Å². The number of benzene rings is 2. The Balaban J connectivity index is 2.03. The molecular weight excluding hydrogens is 426 g/mol. The maximum atomic E-state index is 13.8. The van der Waals surface area contributed by atoms with Crippen LogP contribution in [0.25, 0.3) is 11.0 Å².